The first kappa shape index (κ1) is 13.6. The van der Waals surface area contributed by atoms with Gasteiger partial charge in [0, 0.05) is 18.9 Å². The Morgan fingerprint density at radius 1 is 1.28 bits per heavy atom. The summed E-state index contributed by atoms with van der Waals surface area (Å²) in [6.45, 7) is 9.37. The maximum absolute atomic E-state index is 4.07. The molecule has 1 saturated heterocycles. The lowest BCUT2D eigenvalue weighted by Crippen LogP contribution is -2.37. The minimum Gasteiger partial charge on any atom is -0.337 e. The number of aryl methyl sites for hydroxylation is 1. The van der Waals surface area contributed by atoms with E-state index < -0.39 is 0 Å². The number of aromatic nitrogens is 2. The van der Waals surface area contributed by atoms with Gasteiger partial charge < -0.3 is 14.8 Å². The summed E-state index contributed by atoms with van der Waals surface area (Å²) in [5, 5.41) is 3.47. The van der Waals surface area contributed by atoms with Crippen LogP contribution in [0.2, 0.25) is 0 Å². The van der Waals surface area contributed by atoms with E-state index in [0.717, 1.165) is 19.0 Å². The number of hydrogen-bond donors (Lipinski definition) is 1. The molecule has 1 aliphatic rings. The van der Waals surface area contributed by atoms with Crippen molar-refractivity contribution >= 4 is 0 Å². The highest BCUT2D eigenvalue weighted by Crippen LogP contribution is 2.16. The molecule has 1 aliphatic heterocycles. The van der Waals surface area contributed by atoms with Gasteiger partial charge >= 0.3 is 0 Å². The highest BCUT2D eigenvalue weighted by Gasteiger charge is 2.17. The van der Waals surface area contributed by atoms with Crippen molar-refractivity contribution in [2.45, 2.75) is 32.7 Å². The van der Waals surface area contributed by atoms with Crippen molar-refractivity contribution < 1.29 is 0 Å². The van der Waals surface area contributed by atoms with Gasteiger partial charge in [-0.05, 0) is 57.9 Å². The number of imidazole rings is 1. The first-order chi connectivity index (χ1) is 8.88. The molecule has 1 N–H and O–H groups in total. The van der Waals surface area contributed by atoms with Crippen LogP contribution < -0.4 is 5.32 Å². The minimum atomic E-state index is 0.898. The molecule has 0 aliphatic carbocycles. The standard InChI is InChI=1S/C14H26N4/c1-2-15-12-14-4-9-17(10-5-14)7-3-8-18-11-6-16-13-18/h6,11,13-15H,2-5,7-10,12H2,1H3. The average molecular weight is 250 g/mol. The summed E-state index contributed by atoms with van der Waals surface area (Å²) in [7, 11) is 0. The largest absolute Gasteiger partial charge is 0.337 e. The molecule has 0 atom stereocenters. The maximum atomic E-state index is 4.07. The van der Waals surface area contributed by atoms with Crippen LogP contribution in [0.1, 0.15) is 26.2 Å². The molecule has 1 fully saturated rings. The zero-order valence-electron chi connectivity index (χ0n) is 11.5. The van der Waals surface area contributed by atoms with Gasteiger partial charge in [-0.2, -0.15) is 0 Å². The molecule has 0 unspecified atom stereocenters. The summed E-state index contributed by atoms with van der Waals surface area (Å²) in [5.41, 5.74) is 0. The van der Waals surface area contributed by atoms with Gasteiger partial charge in [0.25, 0.3) is 0 Å². The molecule has 4 nitrogen and oxygen atoms in total. The Hall–Kier alpha value is -0.870. The first-order valence-corrected chi connectivity index (χ1v) is 7.27. The molecule has 1 aromatic rings. The van der Waals surface area contributed by atoms with E-state index in [0.29, 0.717) is 0 Å². The Morgan fingerprint density at radius 2 is 2.11 bits per heavy atom. The molecule has 2 heterocycles. The molecule has 18 heavy (non-hydrogen) atoms. The van der Waals surface area contributed by atoms with Crippen molar-refractivity contribution in [3.8, 4) is 0 Å². The number of hydrogen-bond acceptors (Lipinski definition) is 3. The number of piperidine rings is 1. The molecule has 0 saturated carbocycles. The lowest BCUT2D eigenvalue weighted by Gasteiger charge is -2.32. The normalized spacial score (nSPS) is 18.3. The number of nitrogens with zero attached hydrogens (tertiary/aromatic N) is 3. The van der Waals surface area contributed by atoms with Gasteiger partial charge in [-0.1, -0.05) is 6.92 Å². The van der Waals surface area contributed by atoms with Crippen molar-refractivity contribution in [3.63, 3.8) is 0 Å². The fourth-order valence-electron chi connectivity index (χ4n) is 2.66. The van der Waals surface area contributed by atoms with Crippen LogP contribution in [-0.2, 0) is 6.54 Å². The highest BCUT2D eigenvalue weighted by molar-refractivity contribution is 4.76. The summed E-state index contributed by atoms with van der Waals surface area (Å²) in [5.74, 6) is 0.898. The number of likely N-dealkylation sites (tertiary alicyclic amines) is 1. The molecular weight excluding hydrogens is 224 g/mol. The Morgan fingerprint density at radius 3 is 2.78 bits per heavy atom. The zero-order chi connectivity index (χ0) is 12.6. The minimum absolute atomic E-state index is 0.898. The van der Waals surface area contributed by atoms with Gasteiger partial charge in [-0.15, -0.1) is 0 Å². The average Bonchev–Trinajstić information content (AvgIpc) is 2.91. The molecule has 1 aromatic heterocycles. The van der Waals surface area contributed by atoms with Gasteiger partial charge in [-0.3, -0.25) is 0 Å². The van der Waals surface area contributed by atoms with Crippen LogP contribution in [0.25, 0.3) is 0 Å². The van der Waals surface area contributed by atoms with Crippen molar-refractivity contribution in [2.75, 3.05) is 32.7 Å². The van der Waals surface area contributed by atoms with Crippen LogP contribution in [0.4, 0.5) is 0 Å². The quantitative estimate of drug-likeness (QED) is 0.798. The van der Waals surface area contributed by atoms with Crippen molar-refractivity contribution in [2.24, 2.45) is 5.92 Å². The predicted molar refractivity (Wildman–Crippen MR) is 74.6 cm³/mol. The lowest BCUT2D eigenvalue weighted by molar-refractivity contribution is 0.179. The SMILES string of the molecule is CCNCC1CCN(CCCn2ccnc2)CC1. The van der Waals surface area contributed by atoms with E-state index in [4.69, 9.17) is 0 Å². The molecule has 102 valence electrons. The molecule has 4 heteroatoms. The second kappa shape index (κ2) is 7.54. The molecule has 0 radical (unpaired) electrons. The molecule has 0 amide bonds. The van der Waals surface area contributed by atoms with Gasteiger partial charge in [-0.25, -0.2) is 4.98 Å². The van der Waals surface area contributed by atoms with E-state index in [9.17, 15) is 0 Å². The van der Waals surface area contributed by atoms with E-state index in [2.05, 4.69) is 26.7 Å². The first-order valence-electron chi connectivity index (χ1n) is 7.27. The zero-order valence-corrected chi connectivity index (χ0v) is 11.5. The van der Waals surface area contributed by atoms with E-state index in [1.54, 1.807) is 0 Å². The van der Waals surface area contributed by atoms with Crippen molar-refractivity contribution in [1.82, 2.24) is 19.8 Å². The summed E-state index contributed by atoms with van der Waals surface area (Å²) in [6, 6.07) is 0. The number of nitrogens with one attached hydrogen (secondary N) is 1. The molecular formula is C14H26N4. The van der Waals surface area contributed by atoms with Crippen LogP contribution in [0.15, 0.2) is 18.7 Å². The van der Waals surface area contributed by atoms with Gasteiger partial charge in [0.1, 0.15) is 0 Å². The van der Waals surface area contributed by atoms with Gasteiger partial charge in [0.2, 0.25) is 0 Å². The Bertz CT molecular complexity index is 302. The molecule has 0 aromatic carbocycles. The van der Waals surface area contributed by atoms with Gasteiger partial charge in [0.05, 0.1) is 6.33 Å². The molecule has 0 bridgehead atoms. The van der Waals surface area contributed by atoms with E-state index in [1.807, 2.05) is 18.7 Å². The fraction of sp³-hybridized carbons (Fsp3) is 0.786. The summed E-state index contributed by atoms with van der Waals surface area (Å²) in [4.78, 5) is 6.68. The van der Waals surface area contributed by atoms with E-state index in [1.165, 1.54) is 45.4 Å². The summed E-state index contributed by atoms with van der Waals surface area (Å²) in [6.07, 6.45) is 9.75. The van der Waals surface area contributed by atoms with Crippen LogP contribution in [0, 0.1) is 5.92 Å². The third-order valence-corrected chi connectivity index (χ3v) is 3.84. The summed E-state index contributed by atoms with van der Waals surface area (Å²) < 4.78 is 2.16. The number of rotatable bonds is 7. The van der Waals surface area contributed by atoms with Gasteiger partial charge in [0.15, 0.2) is 0 Å². The third kappa shape index (κ3) is 4.42. The Labute approximate surface area is 110 Å². The van der Waals surface area contributed by atoms with Crippen molar-refractivity contribution in [1.29, 1.82) is 0 Å². The topological polar surface area (TPSA) is 33.1 Å². The van der Waals surface area contributed by atoms with E-state index in [-0.39, 0.29) is 0 Å². The Balaban J connectivity index is 1.56. The third-order valence-electron chi connectivity index (χ3n) is 3.84. The lowest BCUT2D eigenvalue weighted by atomic mass is 9.96. The molecule has 0 spiro atoms. The predicted octanol–water partition coefficient (Wildman–Crippen LogP) is 1.59. The van der Waals surface area contributed by atoms with Crippen LogP contribution in [0.3, 0.4) is 0 Å². The monoisotopic (exact) mass is 250 g/mol. The highest BCUT2D eigenvalue weighted by atomic mass is 15.1. The van der Waals surface area contributed by atoms with Crippen LogP contribution in [-0.4, -0.2) is 47.2 Å². The van der Waals surface area contributed by atoms with Crippen LogP contribution in [0.5, 0.6) is 0 Å². The molecule has 2 rings (SSSR count). The van der Waals surface area contributed by atoms with Crippen molar-refractivity contribution in [3.05, 3.63) is 18.7 Å². The van der Waals surface area contributed by atoms with E-state index >= 15 is 0 Å². The second-order valence-corrected chi connectivity index (χ2v) is 5.25. The fourth-order valence-corrected chi connectivity index (χ4v) is 2.66. The van der Waals surface area contributed by atoms with Crippen LogP contribution >= 0.6 is 0 Å². The Kier molecular flexibility index (Phi) is 5.68. The summed E-state index contributed by atoms with van der Waals surface area (Å²) >= 11 is 0. The second-order valence-electron chi connectivity index (χ2n) is 5.25. The maximum Gasteiger partial charge on any atom is 0.0945 e. The smallest absolute Gasteiger partial charge is 0.0945 e.